The van der Waals surface area contributed by atoms with Gasteiger partial charge < -0.3 is 9.47 Å². The molecule has 24 heavy (non-hydrogen) atoms. The van der Waals surface area contributed by atoms with Crippen LogP contribution in [0.1, 0.15) is 31.9 Å². The molecule has 0 radical (unpaired) electrons. The van der Waals surface area contributed by atoms with Gasteiger partial charge in [-0.3, -0.25) is 19.3 Å². The number of rotatable bonds is 4. The highest BCUT2D eigenvalue weighted by Gasteiger charge is 2.37. The molecule has 2 fully saturated rings. The molecule has 1 aromatic heterocycles. The Morgan fingerprint density at radius 3 is 2.71 bits per heavy atom. The summed E-state index contributed by atoms with van der Waals surface area (Å²) in [6, 6.07) is 3.80. The van der Waals surface area contributed by atoms with Crippen molar-refractivity contribution in [2.45, 2.75) is 32.7 Å². The molecule has 3 rings (SSSR count). The fourth-order valence-electron chi connectivity index (χ4n) is 3.00. The third-order valence-electron chi connectivity index (χ3n) is 4.36. The fourth-order valence-corrected chi connectivity index (χ4v) is 3.82. The third-order valence-corrected chi connectivity index (χ3v) is 5.27. The number of piperidine rings is 1. The number of hydrogen-bond acceptors (Lipinski definition) is 4. The summed E-state index contributed by atoms with van der Waals surface area (Å²) in [5, 5.41) is -0.369. The average Bonchev–Trinajstić information content (AvgIpc) is 3.15. The van der Waals surface area contributed by atoms with E-state index in [1.807, 2.05) is 29.8 Å². The predicted molar refractivity (Wildman–Crippen MR) is 93.2 cm³/mol. The number of hydrogen-bond donors (Lipinski definition) is 0. The Kier molecular flexibility index (Phi) is 5.08. The third kappa shape index (κ3) is 3.40. The largest absolute Gasteiger partial charge is 0.348 e. The highest BCUT2D eigenvalue weighted by atomic mass is 32.2. The van der Waals surface area contributed by atoms with E-state index in [2.05, 4.69) is 0 Å². The van der Waals surface area contributed by atoms with Crippen LogP contribution in [0.4, 0.5) is 4.79 Å². The second-order valence-corrected chi connectivity index (χ2v) is 6.92. The molecule has 0 spiro atoms. The molecule has 0 atom stereocenters. The van der Waals surface area contributed by atoms with Gasteiger partial charge >= 0.3 is 0 Å². The molecule has 0 unspecified atom stereocenters. The lowest BCUT2D eigenvalue weighted by Crippen LogP contribution is -2.44. The zero-order valence-corrected chi connectivity index (χ0v) is 14.6. The van der Waals surface area contributed by atoms with Crippen LogP contribution in [-0.4, -0.2) is 51.1 Å². The minimum Gasteiger partial charge on any atom is -0.348 e. The molecule has 6 nitrogen and oxygen atoms in total. The number of carbonyl (C=O) groups excluding carboxylic acids is 3. The number of aromatic nitrogens is 1. The van der Waals surface area contributed by atoms with E-state index in [1.54, 1.807) is 11.0 Å². The zero-order chi connectivity index (χ0) is 17.1. The van der Waals surface area contributed by atoms with Gasteiger partial charge in [-0.2, -0.15) is 0 Å². The number of likely N-dealkylation sites (tertiary alicyclic amines) is 1. The summed E-state index contributed by atoms with van der Waals surface area (Å²) >= 11 is 0.902. The van der Waals surface area contributed by atoms with Gasteiger partial charge in [-0.1, -0.05) is 0 Å². The molecule has 7 heteroatoms. The monoisotopic (exact) mass is 347 g/mol. The Hall–Kier alpha value is -2.02. The molecule has 0 N–H and O–H groups in total. The number of thioether (sulfide) groups is 1. The van der Waals surface area contributed by atoms with Crippen molar-refractivity contribution in [1.82, 2.24) is 14.4 Å². The molecule has 0 aromatic carbocycles. The minimum absolute atomic E-state index is 0.143. The van der Waals surface area contributed by atoms with Gasteiger partial charge in [0, 0.05) is 31.5 Å². The molecular formula is C17H21N3O3S. The van der Waals surface area contributed by atoms with Crippen molar-refractivity contribution < 1.29 is 14.4 Å². The van der Waals surface area contributed by atoms with E-state index in [0.717, 1.165) is 61.3 Å². The second-order valence-electron chi connectivity index (χ2n) is 5.93. The molecule has 128 valence electrons. The Labute approximate surface area is 145 Å². The maximum atomic E-state index is 12.5. The molecule has 3 amide bonds. The topological polar surface area (TPSA) is 62.6 Å². The van der Waals surface area contributed by atoms with Gasteiger partial charge in [-0.15, -0.1) is 0 Å². The standard InChI is InChI=1S/C17H21N3O3S/c1-2-18-10-6-7-13(18)11-14-16(22)20(17(23)24-14)12-15(21)19-8-4-3-5-9-19/h6-7,10-11H,2-5,8-9,12H2,1H3. The maximum Gasteiger partial charge on any atom is 0.294 e. The minimum atomic E-state index is -0.376. The molecule has 0 saturated carbocycles. The van der Waals surface area contributed by atoms with Crippen LogP contribution in [0.15, 0.2) is 23.2 Å². The van der Waals surface area contributed by atoms with Crippen molar-refractivity contribution >= 4 is 34.9 Å². The van der Waals surface area contributed by atoms with Crippen molar-refractivity contribution in [3.8, 4) is 0 Å². The summed E-state index contributed by atoms with van der Waals surface area (Å²) < 4.78 is 1.99. The molecule has 2 aliphatic heterocycles. The smallest absolute Gasteiger partial charge is 0.294 e. The van der Waals surface area contributed by atoms with E-state index in [-0.39, 0.29) is 23.6 Å². The molecule has 0 bridgehead atoms. The molecular weight excluding hydrogens is 326 g/mol. The predicted octanol–water partition coefficient (Wildman–Crippen LogP) is 2.56. The van der Waals surface area contributed by atoms with E-state index < -0.39 is 0 Å². The Morgan fingerprint density at radius 2 is 2.00 bits per heavy atom. The van der Waals surface area contributed by atoms with E-state index in [9.17, 15) is 14.4 Å². The van der Waals surface area contributed by atoms with Crippen LogP contribution in [0.25, 0.3) is 6.08 Å². The van der Waals surface area contributed by atoms with Crippen molar-refractivity contribution in [2.24, 2.45) is 0 Å². The molecule has 1 aromatic rings. The quantitative estimate of drug-likeness (QED) is 0.785. The highest BCUT2D eigenvalue weighted by Crippen LogP contribution is 2.32. The van der Waals surface area contributed by atoms with Gasteiger partial charge in [0.05, 0.1) is 4.91 Å². The number of imide groups is 1. The number of nitrogens with zero attached hydrogens (tertiary/aromatic N) is 3. The Bertz CT molecular complexity index is 689. The lowest BCUT2D eigenvalue weighted by Gasteiger charge is -2.27. The number of aryl methyl sites for hydroxylation is 1. The van der Waals surface area contributed by atoms with Gasteiger partial charge in [0.1, 0.15) is 6.54 Å². The average molecular weight is 347 g/mol. The maximum absolute atomic E-state index is 12.5. The highest BCUT2D eigenvalue weighted by molar-refractivity contribution is 8.18. The van der Waals surface area contributed by atoms with E-state index in [4.69, 9.17) is 0 Å². The zero-order valence-electron chi connectivity index (χ0n) is 13.7. The Morgan fingerprint density at radius 1 is 1.25 bits per heavy atom. The van der Waals surface area contributed by atoms with Gasteiger partial charge in [-0.05, 0) is 56.2 Å². The summed E-state index contributed by atoms with van der Waals surface area (Å²) in [6.07, 6.45) is 6.75. The lowest BCUT2D eigenvalue weighted by atomic mass is 10.1. The first-order valence-electron chi connectivity index (χ1n) is 8.28. The van der Waals surface area contributed by atoms with Crippen molar-refractivity contribution in [3.05, 3.63) is 28.9 Å². The van der Waals surface area contributed by atoms with Crippen LogP contribution >= 0.6 is 11.8 Å². The first-order chi connectivity index (χ1) is 11.6. The van der Waals surface area contributed by atoms with Crippen LogP contribution < -0.4 is 0 Å². The normalized spacial score (nSPS) is 20.3. The second kappa shape index (κ2) is 7.25. The van der Waals surface area contributed by atoms with Gasteiger partial charge in [0.2, 0.25) is 5.91 Å². The summed E-state index contributed by atoms with van der Waals surface area (Å²) in [5.74, 6) is -0.519. The molecule has 2 saturated heterocycles. The van der Waals surface area contributed by atoms with Crippen LogP contribution in [0.3, 0.4) is 0 Å². The van der Waals surface area contributed by atoms with Crippen LogP contribution in [0, 0.1) is 0 Å². The SMILES string of the molecule is CCn1cccc1C=C1SC(=O)N(CC(=O)N2CCCCC2)C1=O. The summed E-state index contributed by atoms with van der Waals surface area (Å²) in [4.78, 5) is 40.1. The first kappa shape index (κ1) is 16.8. The van der Waals surface area contributed by atoms with Crippen molar-refractivity contribution in [3.63, 3.8) is 0 Å². The van der Waals surface area contributed by atoms with Crippen molar-refractivity contribution in [2.75, 3.05) is 19.6 Å². The van der Waals surface area contributed by atoms with E-state index in [0.29, 0.717) is 4.91 Å². The first-order valence-corrected chi connectivity index (χ1v) is 9.10. The van der Waals surface area contributed by atoms with Crippen LogP contribution in [0.5, 0.6) is 0 Å². The summed E-state index contributed by atoms with van der Waals surface area (Å²) in [7, 11) is 0. The molecule has 3 heterocycles. The number of carbonyl (C=O) groups is 3. The van der Waals surface area contributed by atoms with E-state index >= 15 is 0 Å². The fraction of sp³-hybridized carbons (Fsp3) is 0.471. The summed E-state index contributed by atoms with van der Waals surface area (Å²) in [5.41, 5.74) is 0.880. The van der Waals surface area contributed by atoms with Gasteiger partial charge in [0.15, 0.2) is 0 Å². The van der Waals surface area contributed by atoms with Gasteiger partial charge in [-0.25, -0.2) is 0 Å². The lowest BCUT2D eigenvalue weighted by molar-refractivity contribution is -0.136. The van der Waals surface area contributed by atoms with Gasteiger partial charge in [0.25, 0.3) is 11.1 Å². The molecule has 0 aliphatic carbocycles. The summed E-state index contributed by atoms with van der Waals surface area (Å²) in [6.45, 7) is 4.08. The van der Waals surface area contributed by atoms with Crippen LogP contribution in [-0.2, 0) is 16.1 Å². The van der Waals surface area contributed by atoms with E-state index in [1.165, 1.54) is 0 Å². The molecule has 2 aliphatic rings. The van der Waals surface area contributed by atoms with Crippen molar-refractivity contribution in [1.29, 1.82) is 0 Å². The van der Waals surface area contributed by atoms with Crippen LogP contribution in [0.2, 0.25) is 0 Å². The Balaban J connectivity index is 1.71. The number of amides is 3.